The second-order valence-corrected chi connectivity index (χ2v) is 18.5. The van der Waals surface area contributed by atoms with E-state index in [0.29, 0.717) is 66.9 Å². The first-order chi connectivity index (χ1) is 21.8. The largest absolute Gasteiger partial charge is 0.388 e. The molecule has 0 radical (unpaired) electrons. The Bertz CT molecular complexity index is 1190. The summed E-state index contributed by atoms with van der Waals surface area (Å²) in [7, 11) is 0. The van der Waals surface area contributed by atoms with Gasteiger partial charge in [0.15, 0.2) is 6.29 Å². The van der Waals surface area contributed by atoms with Crippen LogP contribution >= 0.6 is 0 Å². The minimum Gasteiger partial charge on any atom is -0.388 e. The highest BCUT2D eigenvalue weighted by Gasteiger charge is 2.80. The monoisotopic (exact) mass is 645 g/mol. The lowest BCUT2D eigenvalue weighted by atomic mass is 9.46. The van der Waals surface area contributed by atoms with Gasteiger partial charge in [-0.15, -0.1) is 0 Å². The van der Waals surface area contributed by atoms with E-state index in [0.717, 1.165) is 44.4 Å². The smallest absolute Gasteiger partial charge is 0.226 e. The number of aliphatic hydroxyl groups is 2. The number of carbonyl (C=O) groups excluding carboxylic acids is 1. The molecule has 46 heavy (non-hydrogen) atoms. The number of fused-ring (bicyclic) bond motifs is 4. The van der Waals surface area contributed by atoms with Crippen molar-refractivity contribution >= 4 is 5.91 Å². The molecule has 0 bridgehead atoms. The SMILES string of the molecule is CC12CC[C@@]34C[C@@]35CC[C@H](OC3CN(C(=O)C6CCOCC6)CCO3)C(C)(C)C5CCC4C1CC1OC([C@H](O)C(C)(C)O)CCC12.[HH]. The minimum atomic E-state index is -1.14. The molecular weight excluding hydrogens is 582 g/mol. The Morgan fingerprint density at radius 3 is 2.46 bits per heavy atom. The summed E-state index contributed by atoms with van der Waals surface area (Å²) in [5.74, 6) is 3.03. The average molecular weight is 646 g/mol. The van der Waals surface area contributed by atoms with E-state index >= 15 is 0 Å². The molecule has 8 nitrogen and oxygen atoms in total. The number of amides is 1. The number of rotatable bonds is 5. The molecular formula is C38H63NO7. The van der Waals surface area contributed by atoms with E-state index < -0.39 is 11.7 Å². The summed E-state index contributed by atoms with van der Waals surface area (Å²) in [5, 5.41) is 21.4. The van der Waals surface area contributed by atoms with Crippen molar-refractivity contribution in [3.8, 4) is 0 Å². The summed E-state index contributed by atoms with van der Waals surface area (Å²) in [5.41, 5.74) is 0.153. The van der Waals surface area contributed by atoms with Gasteiger partial charge in [0.1, 0.15) is 6.10 Å². The lowest BCUT2D eigenvalue weighted by Crippen LogP contribution is -2.56. The molecule has 8 aliphatic rings. The van der Waals surface area contributed by atoms with Crippen LogP contribution in [-0.4, -0.2) is 90.2 Å². The van der Waals surface area contributed by atoms with E-state index in [4.69, 9.17) is 18.9 Å². The van der Waals surface area contributed by atoms with Crippen LogP contribution in [0.25, 0.3) is 0 Å². The van der Waals surface area contributed by atoms with Crippen LogP contribution in [0.15, 0.2) is 0 Å². The summed E-state index contributed by atoms with van der Waals surface area (Å²) in [6.45, 7) is 14.1. The summed E-state index contributed by atoms with van der Waals surface area (Å²) < 4.78 is 25.2. The number of aliphatic hydroxyl groups excluding tert-OH is 1. The molecule has 8 heteroatoms. The third-order valence-corrected chi connectivity index (χ3v) is 15.9. The number of hydrogen-bond acceptors (Lipinski definition) is 7. The molecule has 0 aromatic rings. The van der Waals surface area contributed by atoms with E-state index in [-0.39, 0.29) is 43.3 Å². The van der Waals surface area contributed by atoms with Gasteiger partial charge in [0, 0.05) is 27.1 Å². The standard InChI is InChI=1S/C38H61NO7.H2/c1-34(2)29-9-7-24-26-20-28-25(6-8-27(45-28)32(40)35(3,4)42)36(26,5)14-15-37(24)22-38(29,37)13-10-30(34)46-31-21-39(16-19-44-31)33(41)23-11-17-43-18-12-23;/h23-32,40,42H,6-22H2,1-5H3;1H/t24?,25?,26?,27?,28?,29?,30-,31?,32-,36?,37-,38+;/m0./s1. The van der Waals surface area contributed by atoms with E-state index in [1.165, 1.54) is 38.5 Å². The number of hydrogen-bond donors (Lipinski definition) is 2. The Balaban J connectivity index is 0.00000351. The zero-order valence-electron chi connectivity index (χ0n) is 29.2. The van der Waals surface area contributed by atoms with Crippen LogP contribution in [0.4, 0.5) is 0 Å². The second kappa shape index (κ2) is 11.1. The molecule has 8 fully saturated rings. The van der Waals surface area contributed by atoms with Crippen molar-refractivity contribution in [3.05, 3.63) is 0 Å². The second-order valence-electron chi connectivity index (χ2n) is 18.5. The molecule has 12 atom stereocenters. The van der Waals surface area contributed by atoms with E-state index in [2.05, 4.69) is 20.8 Å². The molecule has 3 saturated heterocycles. The lowest BCUT2D eigenvalue weighted by molar-refractivity contribution is -0.245. The van der Waals surface area contributed by atoms with Crippen molar-refractivity contribution in [2.45, 2.75) is 148 Å². The number of carbonyl (C=O) groups is 1. The van der Waals surface area contributed by atoms with Gasteiger partial charge >= 0.3 is 0 Å². The average Bonchev–Trinajstić information content (AvgIpc) is 3.61. The molecule has 8 unspecified atom stereocenters. The molecule has 5 saturated carbocycles. The van der Waals surface area contributed by atoms with Gasteiger partial charge in [-0.05, 0) is 136 Å². The van der Waals surface area contributed by atoms with Crippen LogP contribution < -0.4 is 0 Å². The van der Waals surface area contributed by atoms with Gasteiger partial charge in [-0.25, -0.2) is 0 Å². The van der Waals surface area contributed by atoms with Crippen molar-refractivity contribution in [3.63, 3.8) is 0 Å². The topological polar surface area (TPSA) is 97.7 Å². The van der Waals surface area contributed by atoms with Crippen molar-refractivity contribution < 1.29 is 35.4 Å². The Morgan fingerprint density at radius 1 is 0.935 bits per heavy atom. The molecule has 262 valence electrons. The molecule has 0 aromatic carbocycles. The number of ether oxygens (including phenoxy) is 4. The highest BCUT2D eigenvalue weighted by atomic mass is 16.7. The Hall–Kier alpha value is -0.770. The van der Waals surface area contributed by atoms with Gasteiger partial charge in [0.2, 0.25) is 5.91 Å². The van der Waals surface area contributed by atoms with Gasteiger partial charge in [0.25, 0.3) is 0 Å². The first-order valence-corrected chi connectivity index (χ1v) is 19.0. The third kappa shape index (κ3) is 4.76. The van der Waals surface area contributed by atoms with Gasteiger partial charge in [-0.2, -0.15) is 0 Å². The number of morpholine rings is 1. The van der Waals surface area contributed by atoms with Crippen molar-refractivity contribution in [1.82, 2.24) is 4.90 Å². The summed E-state index contributed by atoms with van der Waals surface area (Å²) in [4.78, 5) is 15.3. The van der Waals surface area contributed by atoms with Crippen molar-refractivity contribution in [2.75, 3.05) is 32.9 Å². The van der Waals surface area contributed by atoms with E-state index in [1.807, 2.05) is 4.90 Å². The van der Waals surface area contributed by atoms with Crippen LogP contribution in [0, 0.1) is 51.2 Å². The fourth-order valence-electron chi connectivity index (χ4n) is 13.5. The molecule has 0 aromatic heterocycles. The van der Waals surface area contributed by atoms with Crippen LogP contribution in [0.1, 0.15) is 113 Å². The molecule has 3 heterocycles. The first kappa shape index (κ1) is 32.4. The molecule has 2 spiro atoms. The molecule has 1 amide bonds. The predicted molar refractivity (Wildman–Crippen MR) is 175 cm³/mol. The maximum Gasteiger partial charge on any atom is 0.226 e. The number of nitrogens with zero attached hydrogens (tertiary/aromatic N) is 1. The Kier molecular flexibility index (Phi) is 7.84. The van der Waals surface area contributed by atoms with Crippen LogP contribution in [0.2, 0.25) is 0 Å². The van der Waals surface area contributed by atoms with Crippen molar-refractivity contribution in [1.29, 1.82) is 0 Å². The lowest BCUT2D eigenvalue weighted by Gasteiger charge is -2.60. The zero-order valence-corrected chi connectivity index (χ0v) is 29.2. The van der Waals surface area contributed by atoms with Crippen LogP contribution in [0.5, 0.6) is 0 Å². The Labute approximate surface area is 278 Å². The zero-order chi connectivity index (χ0) is 32.3. The predicted octanol–water partition coefficient (Wildman–Crippen LogP) is 5.57. The maximum absolute atomic E-state index is 13.3. The fraction of sp³-hybridized carbons (Fsp3) is 0.974. The van der Waals surface area contributed by atoms with E-state index in [9.17, 15) is 15.0 Å². The quantitative estimate of drug-likeness (QED) is 0.404. The van der Waals surface area contributed by atoms with E-state index in [1.54, 1.807) is 13.8 Å². The maximum atomic E-state index is 13.3. The molecule has 3 aliphatic heterocycles. The van der Waals surface area contributed by atoms with Gasteiger partial charge < -0.3 is 34.1 Å². The summed E-state index contributed by atoms with van der Waals surface area (Å²) in [6, 6.07) is 0. The van der Waals surface area contributed by atoms with Crippen molar-refractivity contribution in [2.24, 2.45) is 51.2 Å². The van der Waals surface area contributed by atoms with Crippen LogP contribution in [0.3, 0.4) is 0 Å². The summed E-state index contributed by atoms with van der Waals surface area (Å²) in [6.07, 6.45) is 12.6. The highest BCUT2D eigenvalue weighted by molar-refractivity contribution is 5.79. The Morgan fingerprint density at radius 2 is 1.70 bits per heavy atom. The summed E-state index contributed by atoms with van der Waals surface area (Å²) >= 11 is 0. The van der Waals surface area contributed by atoms with Gasteiger partial charge in [-0.3, -0.25) is 4.79 Å². The molecule has 2 N–H and O–H groups in total. The fourth-order valence-corrected chi connectivity index (χ4v) is 13.5. The van der Waals surface area contributed by atoms with Crippen LogP contribution in [-0.2, 0) is 23.7 Å². The minimum absolute atomic E-state index is 0. The molecule has 5 aliphatic carbocycles. The molecule has 8 rings (SSSR count). The normalized spacial score (nSPS) is 49.2. The van der Waals surface area contributed by atoms with Gasteiger partial charge in [0.05, 0.1) is 37.1 Å². The van der Waals surface area contributed by atoms with Gasteiger partial charge in [-0.1, -0.05) is 20.8 Å². The highest BCUT2D eigenvalue weighted by Crippen LogP contribution is 2.87. The third-order valence-electron chi connectivity index (χ3n) is 15.9. The first-order valence-electron chi connectivity index (χ1n) is 19.0.